The first-order valence-electron chi connectivity index (χ1n) is 5.51. The minimum Gasteiger partial charge on any atom is -0.508 e. The number of anilines is 1. The molecule has 5 heteroatoms. The minimum absolute atomic E-state index is 0.123. The van der Waals surface area contributed by atoms with Gasteiger partial charge in [0.1, 0.15) is 5.75 Å². The molecule has 0 unspecified atom stereocenters. The highest BCUT2D eigenvalue weighted by molar-refractivity contribution is 14.1. The van der Waals surface area contributed by atoms with Crippen LogP contribution in [0.3, 0.4) is 0 Å². The zero-order valence-electron chi connectivity index (χ0n) is 10.1. The van der Waals surface area contributed by atoms with E-state index in [2.05, 4.69) is 22.6 Å². The number of aromatic hydroxyl groups is 1. The molecule has 1 N–H and O–H groups in total. The summed E-state index contributed by atoms with van der Waals surface area (Å²) in [6.07, 6.45) is 0. The first kappa shape index (κ1) is 14.1. The van der Waals surface area contributed by atoms with Crippen molar-refractivity contribution >= 4 is 45.8 Å². The largest absolute Gasteiger partial charge is 0.508 e. The Labute approximate surface area is 129 Å². The summed E-state index contributed by atoms with van der Waals surface area (Å²) in [7, 11) is 1.66. The molecular weight excluding hydrogens is 377 g/mol. The van der Waals surface area contributed by atoms with Crippen molar-refractivity contribution in [3.63, 3.8) is 0 Å². The first-order chi connectivity index (χ1) is 8.99. The fourth-order valence-electron chi connectivity index (χ4n) is 1.64. The highest BCUT2D eigenvalue weighted by Crippen LogP contribution is 2.23. The SMILES string of the molecule is CN(C(=O)c1ccc(I)c(Cl)c1)c1cccc(O)c1. The third kappa shape index (κ3) is 3.19. The molecule has 0 saturated heterocycles. The number of hydrogen-bond donors (Lipinski definition) is 1. The fraction of sp³-hybridized carbons (Fsp3) is 0.0714. The summed E-state index contributed by atoms with van der Waals surface area (Å²) in [6.45, 7) is 0. The van der Waals surface area contributed by atoms with Crippen molar-refractivity contribution in [2.24, 2.45) is 0 Å². The molecule has 2 aromatic carbocycles. The van der Waals surface area contributed by atoms with Crippen LogP contribution in [0.5, 0.6) is 5.75 Å². The van der Waals surface area contributed by atoms with Crippen LogP contribution in [0.2, 0.25) is 5.02 Å². The number of nitrogens with zero attached hydrogens (tertiary/aromatic N) is 1. The van der Waals surface area contributed by atoms with Crippen molar-refractivity contribution in [2.75, 3.05) is 11.9 Å². The van der Waals surface area contributed by atoms with E-state index in [9.17, 15) is 9.90 Å². The van der Waals surface area contributed by atoms with Gasteiger partial charge >= 0.3 is 0 Å². The van der Waals surface area contributed by atoms with E-state index in [1.54, 1.807) is 43.4 Å². The summed E-state index contributed by atoms with van der Waals surface area (Å²) < 4.78 is 0.899. The Balaban J connectivity index is 2.30. The van der Waals surface area contributed by atoms with E-state index in [1.165, 1.54) is 11.0 Å². The standard InChI is InChI=1S/C14H11ClINO2/c1-17(10-3-2-4-11(18)8-10)14(19)9-5-6-13(16)12(15)7-9/h2-8,18H,1H3. The molecular formula is C14H11ClINO2. The van der Waals surface area contributed by atoms with Gasteiger partial charge in [-0.15, -0.1) is 0 Å². The number of halogens is 2. The second-order valence-corrected chi connectivity index (χ2v) is 5.58. The summed E-state index contributed by atoms with van der Waals surface area (Å²) >= 11 is 8.12. The molecule has 0 saturated carbocycles. The molecule has 3 nitrogen and oxygen atoms in total. The van der Waals surface area contributed by atoms with Gasteiger partial charge in [0, 0.05) is 27.9 Å². The lowest BCUT2D eigenvalue weighted by molar-refractivity contribution is 0.0993. The number of phenolic OH excluding ortho intramolecular Hbond substituents is 1. The quantitative estimate of drug-likeness (QED) is 0.793. The first-order valence-corrected chi connectivity index (χ1v) is 6.97. The lowest BCUT2D eigenvalue weighted by Gasteiger charge is -2.17. The topological polar surface area (TPSA) is 40.5 Å². The normalized spacial score (nSPS) is 10.3. The van der Waals surface area contributed by atoms with Crippen molar-refractivity contribution in [2.45, 2.75) is 0 Å². The Bertz CT molecular complexity index is 631. The van der Waals surface area contributed by atoms with Crippen LogP contribution < -0.4 is 4.90 Å². The summed E-state index contributed by atoms with van der Waals surface area (Å²) in [4.78, 5) is 13.8. The maximum Gasteiger partial charge on any atom is 0.258 e. The Kier molecular flexibility index (Phi) is 4.31. The van der Waals surface area contributed by atoms with E-state index < -0.39 is 0 Å². The molecule has 2 aromatic rings. The third-order valence-corrected chi connectivity index (χ3v) is 4.26. The van der Waals surface area contributed by atoms with Crippen LogP contribution >= 0.6 is 34.2 Å². The summed E-state index contributed by atoms with van der Waals surface area (Å²) in [6, 6.07) is 11.7. The second-order valence-electron chi connectivity index (χ2n) is 4.01. The van der Waals surface area contributed by atoms with E-state index in [0.29, 0.717) is 16.3 Å². The van der Waals surface area contributed by atoms with Crippen LogP contribution in [0.4, 0.5) is 5.69 Å². The molecule has 0 heterocycles. The van der Waals surface area contributed by atoms with Crippen LogP contribution in [-0.2, 0) is 0 Å². The molecule has 0 atom stereocenters. The molecule has 19 heavy (non-hydrogen) atoms. The molecule has 0 aliphatic carbocycles. The average molecular weight is 388 g/mol. The van der Waals surface area contributed by atoms with E-state index in [-0.39, 0.29) is 11.7 Å². The van der Waals surface area contributed by atoms with Gasteiger partial charge in [0.05, 0.1) is 5.02 Å². The molecule has 0 aromatic heterocycles. The highest BCUT2D eigenvalue weighted by atomic mass is 127. The van der Waals surface area contributed by atoms with E-state index >= 15 is 0 Å². The van der Waals surface area contributed by atoms with Crippen molar-refractivity contribution in [3.8, 4) is 5.75 Å². The number of rotatable bonds is 2. The van der Waals surface area contributed by atoms with Gasteiger partial charge in [-0.25, -0.2) is 0 Å². The molecule has 0 radical (unpaired) electrons. The third-order valence-electron chi connectivity index (χ3n) is 2.69. The van der Waals surface area contributed by atoms with Crippen LogP contribution in [0.1, 0.15) is 10.4 Å². The predicted molar refractivity (Wildman–Crippen MR) is 85.0 cm³/mol. The maximum atomic E-state index is 12.3. The van der Waals surface area contributed by atoms with E-state index in [1.807, 2.05) is 0 Å². The fourth-order valence-corrected chi connectivity index (χ4v) is 2.16. The Morgan fingerprint density at radius 3 is 2.63 bits per heavy atom. The zero-order chi connectivity index (χ0) is 14.0. The number of amides is 1. The van der Waals surface area contributed by atoms with E-state index in [4.69, 9.17) is 11.6 Å². The minimum atomic E-state index is -0.177. The number of carbonyl (C=O) groups is 1. The molecule has 0 fully saturated rings. The van der Waals surface area contributed by atoms with Gasteiger partial charge in [0.25, 0.3) is 5.91 Å². The molecule has 0 aliphatic heterocycles. The van der Waals surface area contributed by atoms with Crippen LogP contribution in [0.25, 0.3) is 0 Å². The Morgan fingerprint density at radius 2 is 2.00 bits per heavy atom. The van der Waals surface area contributed by atoms with Gasteiger partial charge in [-0.1, -0.05) is 17.7 Å². The average Bonchev–Trinajstić information content (AvgIpc) is 2.40. The number of hydrogen-bond acceptors (Lipinski definition) is 2. The molecule has 0 bridgehead atoms. The summed E-state index contributed by atoms with van der Waals surface area (Å²) in [5.41, 5.74) is 1.14. The van der Waals surface area contributed by atoms with E-state index in [0.717, 1.165) is 3.57 Å². The van der Waals surface area contributed by atoms with Crippen molar-refractivity contribution in [1.29, 1.82) is 0 Å². The molecule has 1 amide bonds. The number of phenols is 1. The summed E-state index contributed by atoms with van der Waals surface area (Å²) in [5.74, 6) is -0.0540. The predicted octanol–water partition coefficient (Wildman–Crippen LogP) is 3.93. The van der Waals surface area contributed by atoms with Crippen molar-refractivity contribution < 1.29 is 9.90 Å². The number of carbonyl (C=O) groups excluding carboxylic acids is 1. The van der Waals surface area contributed by atoms with Crippen molar-refractivity contribution in [3.05, 3.63) is 56.6 Å². The smallest absolute Gasteiger partial charge is 0.258 e. The van der Waals surface area contributed by atoms with Gasteiger partial charge < -0.3 is 10.0 Å². The molecule has 2 rings (SSSR count). The highest BCUT2D eigenvalue weighted by Gasteiger charge is 2.14. The van der Waals surface area contributed by atoms with Crippen LogP contribution in [0.15, 0.2) is 42.5 Å². The molecule has 0 aliphatic rings. The summed E-state index contributed by atoms with van der Waals surface area (Å²) in [5, 5.41) is 9.99. The Morgan fingerprint density at radius 1 is 1.26 bits per heavy atom. The second kappa shape index (κ2) is 5.79. The van der Waals surface area contributed by atoms with Gasteiger partial charge in [-0.3, -0.25) is 4.79 Å². The van der Waals surface area contributed by atoms with Crippen LogP contribution in [-0.4, -0.2) is 18.1 Å². The van der Waals surface area contributed by atoms with Crippen LogP contribution in [0, 0.1) is 3.57 Å². The van der Waals surface area contributed by atoms with Gasteiger partial charge in [0.2, 0.25) is 0 Å². The number of benzene rings is 2. The molecule has 0 spiro atoms. The lowest BCUT2D eigenvalue weighted by Crippen LogP contribution is -2.26. The maximum absolute atomic E-state index is 12.3. The zero-order valence-corrected chi connectivity index (χ0v) is 13.0. The van der Waals surface area contributed by atoms with Crippen molar-refractivity contribution in [1.82, 2.24) is 0 Å². The van der Waals surface area contributed by atoms with Gasteiger partial charge in [0.15, 0.2) is 0 Å². The lowest BCUT2D eigenvalue weighted by atomic mass is 10.2. The van der Waals surface area contributed by atoms with Gasteiger partial charge in [-0.05, 0) is 52.9 Å². The molecule has 98 valence electrons. The monoisotopic (exact) mass is 387 g/mol. The Hall–Kier alpha value is -1.27. The van der Waals surface area contributed by atoms with Gasteiger partial charge in [-0.2, -0.15) is 0 Å².